The van der Waals surface area contributed by atoms with Gasteiger partial charge in [-0.25, -0.2) is 0 Å². The second-order valence-corrected chi connectivity index (χ2v) is 3.19. The number of aryl methyl sites for hydroxylation is 1. The number of hydrogen-bond donors (Lipinski definition) is 1. The molecule has 2 rings (SSSR count). The smallest absolute Gasteiger partial charge is 0.176 e. The van der Waals surface area contributed by atoms with Gasteiger partial charge in [0, 0.05) is 12.1 Å². The molecule has 1 N–H and O–H groups in total. The summed E-state index contributed by atoms with van der Waals surface area (Å²) in [4.78, 5) is 11.4. The van der Waals surface area contributed by atoms with Gasteiger partial charge in [-0.15, -0.1) is 0 Å². The Morgan fingerprint density at radius 3 is 3.00 bits per heavy atom. The molecular weight excluding hydrogens is 150 g/mol. The van der Waals surface area contributed by atoms with Crippen molar-refractivity contribution < 1.29 is 4.79 Å². The Morgan fingerprint density at radius 2 is 2.17 bits per heavy atom. The predicted octanol–water partition coefficient (Wildman–Crippen LogP) is 1.28. The monoisotopic (exact) mass is 161 g/mol. The van der Waals surface area contributed by atoms with Crippen LogP contribution in [0.15, 0.2) is 18.2 Å². The molecule has 2 heteroatoms. The number of benzene rings is 1. The Kier molecular flexibility index (Phi) is 1.70. The SMILES string of the molecule is Cc1ccc2c(c1)C(=O)CNC2. The quantitative estimate of drug-likeness (QED) is 0.621. The van der Waals surface area contributed by atoms with Crippen molar-refractivity contribution in [2.45, 2.75) is 13.5 Å². The molecule has 0 radical (unpaired) electrons. The topological polar surface area (TPSA) is 29.1 Å². The van der Waals surface area contributed by atoms with Crippen LogP contribution in [0.2, 0.25) is 0 Å². The van der Waals surface area contributed by atoms with Gasteiger partial charge in [0.15, 0.2) is 5.78 Å². The lowest BCUT2D eigenvalue weighted by atomic mass is 9.98. The van der Waals surface area contributed by atoms with Crippen molar-refractivity contribution in [3.8, 4) is 0 Å². The minimum absolute atomic E-state index is 0.208. The molecule has 1 aliphatic rings. The van der Waals surface area contributed by atoms with Crippen LogP contribution >= 0.6 is 0 Å². The van der Waals surface area contributed by atoms with Gasteiger partial charge in [-0.2, -0.15) is 0 Å². The van der Waals surface area contributed by atoms with Crippen LogP contribution in [0.25, 0.3) is 0 Å². The Hall–Kier alpha value is -1.15. The first-order valence-corrected chi connectivity index (χ1v) is 4.11. The van der Waals surface area contributed by atoms with E-state index in [1.807, 2.05) is 25.1 Å². The number of hydrogen-bond acceptors (Lipinski definition) is 2. The van der Waals surface area contributed by atoms with E-state index in [1.54, 1.807) is 0 Å². The summed E-state index contributed by atoms with van der Waals surface area (Å²) in [5.74, 6) is 0.208. The van der Waals surface area contributed by atoms with Crippen molar-refractivity contribution in [2.24, 2.45) is 0 Å². The maximum absolute atomic E-state index is 11.4. The summed E-state index contributed by atoms with van der Waals surface area (Å²) in [6.45, 7) is 3.31. The molecule has 0 fully saturated rings. The van der Waals surface area contributed by atoms with Crippen molar-refractivity contribution in [2.75, 3.05) is 6.54 Å². The van der Waals surface area contributed by atoms with Gasteiger partial charge >= 0.3 is 0 Å². The van der Waals surface area contributed by atoms with Gasteiger partial charge in [0.2, 0.25) is 0 Å². The van der Waals surface area contributed by atoms with E-state index in [1.165, 1.54) is 0 Å². The minimum Gasteiger partial charge on any atom is -0.306 e. The molecule has 1 aromatic rings. The van der Waals surface area contributed by atoms with Crippen LogP contribution in [0.3, 0.4) is 0 Å². The van der Waals surface area contributed by atoms with Gasteiger partial charge < -0.3 is 5.32 Å². The highest BCUT2D eigenvalue weighted by Gasteiger charge is 2.15. The summed E-state index contributed by atoms with van der Waals surface area (Å²) < 4.78 is 0. The molecule has 0 saturated heterocycles. The van der Waals surface area contributed by atoms with Gasteiger partial charge in [-0.1, -0.05) is 17.7 Å². The van der Waals surface area contributed by atoms with Crippen molar-refractivity contribution in [3.63, 3.8) is 0 Å². The molecule has 1 heterocycles. The molecule has 0 bridgehead atoms. The highest BCUT2D eigenvalue weighted by atomic mass is 16.1. The number of rotatable bonds is 0. The van der Waals surface area contributed by atoms with E-state index in [0.717, 1.165) is 23.2 Å². The maximum atomic E-state index is 11.4. The van der Waals surface area contributed by atoms with Crippen molar-refractivity contribution in [1.82, 2.24) is 5.32 Å². The van der Waals surface area contributed by atoms with E-state index in [-0.39, 0.29) is 5.78 Å². The van der Waals surface area contributed by atoms with E-state index in [2.05, 4.69) is 5.32 Å². The molecule has 0 saturated carbocycles. The van der Waals surface area contributed by atoms with Gasteiger partial charge in [-0.3, -0.25) is 4.79 Å². The lowest BCUT2D eigenvalue weighted by Crippen LogP contribution is -2.29. The molecule has 1 aromatic carbocycles. The molecule has 0 amide bonds. The van der Waals surface area contributed by atoms with Gasteiger partial charge in [0.05, 0.1) is 6.54 Å². The molecule has 12 heavy (non-hydrogen) atoms. The third kappa shape index (κ3) is 1.14. The summed E-state index contributed by atoms with van der Waals surface area (Å²) in [7, 11) is 0. The lowest BCUT2D eigenvalue weighted by Gasteiger charge is -2.15. The van der Waals surface area contributed by atoms with Crippen LogP contribution in [0.4, 0.5) is 0 Å². The van der Waals surface area contributed by atoms with E-state index >= 15 is 0 Å². The molecule has 0 unspecified atom stereocenters. The molecule has 0 atom stereocenters. The van der Waals surface area contributed by atoms with Crippen LogP contribution in [-0.2, 0) is 6.54 Å². The third-order valence-corrected chi connectivity index (χ3v) is 2.17. The minimum atomic E-state index is 0.208. The first-order chi connectivity index (χ1) is 5.77. The predicted molar refractivity (Wildman–Crippen MR) is 47.2 cm³/mol. The number of Topliss-reactive ketones (excluding diaryl/α,β-unsaturated/α-hetero) is 1. The summed E-state index contributed by atoms with van der Waals surface area (Å²) in [6, 6.07) is 6.03. The molecule has 2 nitrogen and oxygen atoms in total. The Bertz CT molecular complexity index is 331. The molecule has 1 aliphatic heterocycles. The summed E-state index contributed by atoms with van der Waals surface area (Å²) in [5, 5.41) is 3.06. The van der Waals surface area contributed by atoms with Crippen LogP contribution < -0.4 is 5.32 Å². The van der Waals surface area contributed by atoms with E-state index in [4.69, 9.17) is 0 Å². The second-order valence-electron chi connectivity index (χ2n) is 3.19. The lowest BCUT2D eigenvalue weighted by molar-refractivity contribution is 0.0982. The van der Waals surface area contributed by atoms with Crippen LogP contribution in [0.1, 0.15) is 21.5 Å². The van der Waals surface area contributed by atoms with Crippen LogP contribution in [-0.4, -0.2) is 12.3 Å². The number of nitrogens with one attached hydrogen (secondary N) is 1. The molecular formula is C10H11NO. The zero-order chi connectivity index (χ0) is 8.55. The number of ketones is 1. The van der Waals surface area contributed by atoms with E-state index < -0.39 is 0 Å². The third-order valence-electron chi connectivity index (χ3n) is 2.17. The summed E-state index contributed by atoms with van der Waals surface area (Å²) >= 11 is 0. The highest BCUT2D eigenvalue weighted by molar-refractivity contribution is 6.00. The summed E-state index contributed by atoms with van der Waals surface area (Å²) in [6.07, 6.45) is 0. The van der Waals surface area contributed by atoms with Gasteiger partial charge in [0.25, 0.3) is 0 Å². The highest BCUT2D eigenvalue weighted by Crippen LogP contribution is 2.14. The van der Waals surface area contributed by atoms with Gasteiger partial charge in [-0.05, 0) is 18.6 Å². The van der Waals surface area contributed by atoms with Crippen molar-refractivity contribution in [3.05, 3.63) is 34.9 Å². The Morgan fingerprint density at radius 1 is 1.33 bits per heavy atom. The van der Waals surface area contributed by atoms with E-state index in [9.17, 15) is 4.79 Å². The fraction of sp³-hybridized carbons (Fsp3) is 0.300. The average molecular weight is 161 g/mol. The normalized spacial score (nSPS) is 15.9. The standard InChI is InChI=1S/C10H11NO/c1-7-2-3-8-5-11-6-10(12)9(8)4-7/h2-4,11H,5-6H2,1H3. The number of carbonyl (C=O) groups is 1. The molecule has 0 spiro atoms. The Labute approximate surface area is 71.6 Å². The molecule has 62 valence electrons. The largest absolute Gasteiger partial charge is 0.306 e. The van der Waals surface area contributed by atoms with Crippen molar-refractivity contribution >= 4 is 5.78 Å². The first kappa shape index (κ1) is 7.50. The summed E-state index contributed by atoms with van der Waals surface area (Å²) in [5.41, 5.74) is 3.18. The number of carbonyl (C=O) groups excluding carboxylic acids is 1. The fourth-order valence-electron chi connectivity index (χ4n) is 1.51. The fourth-order valence-corrected chi connectivity index (χ4v) is 1.51. The number of fused-ring (bicyclic) bond motifs is 1. The molecule has 0 aliphatic carbocycles. The van der Waals surface area contributed by atoms with Crippen LogP contribution in [0, 0.1) is 6.92 Å². The zero-order valence-electron chi connectivity index (χ0n) is 7.05. The molecule has 0 aromatic heterocycles. The maximum Gasteiger partial charge on any atom is 0.176 e. The van der Waals surface area contributed by atoms with Gasteiger partial charge in [0.1, 0.15) is 0 Å². The second kappa shape index (κ2) is 2.72. The Balaban J connectivity index is 2.54. The average Bonchev–Trinajstić information content (AvgIpc) is 2.07. The first-order valence-electron chi connectivity index (χ1n) is 4.11. The van der Waals surface area contributed by atoms with Crippen LogP contribution in [0.5, 0.6) is 0 Å². The van der Waals surface area contributed by atoms with E-state index in [0.29, 0.717) is 6.54 Å². The van der Waals surface area contributed by atoms with Crippen molar-refractivity contribution in [1.29, 1.82) is 0 Å². The zero-order valence-corrected chi connectivity index (χ0v) is 7.05.